The van der Waals surface area contributed by atoms with Crippen molar-refractivity contribution in [1.29, 1.82) is 0 Å². The third-order valence-electron chi connectivity index (χ3n) is 2.89. The van der Waals surface area contributed by atoms with Gasteiger partial charge < -0.3 is 10.5 Å². The van der Waals surface area contributed by atoms with E-state index in [0.29, 0.717) is 16.7 Å². The molecule has 0 heterocycles. The monoisotopic (exact) mass is 309 g/mol. The fourth-order valence-corrected chi connectivity index (χ4v) is 2.36. The van der Waals surface area contributed by atoms with Gasteiger partial charge in [-0.15, -0.1) is 0 Å². The van der Waals surface area contributed by atoms with Crippen LogP contribution in [0.15, 0.2) is 42.5 Å². The zero-order valence-electron chi connectivity index (χ0n) is 11.3. The lowest BCUT2D eigenvalue weighted by molar-refractivity contribution is 0.306. The Morgan fingerprint density at radius 2 is 1.80 bits per heavy atom. The van der Waals surface area contributed by atoms with E-state index in [2.05, 4.69) is 0 Å². The molecule has 106 valence electrons. The summed E-state index contributed by atoms with van der Waals surface area (Å²) in [6.07, 6.45) is 0.864. The average Bonchev–Trinajstić information content (AvgIpc) is 2.39. The average molecular weight is 310 g/mol. The van der Waals surface area contributed by atoms with E-state index in [0.717, 1.165) is 17.7 Å². The summed E-state index contributed by atoms with van der Waals surface area (Å²) >= 11 is 12.0. The summed E-state index contributed by atoms with van der Waals surface area (Å²) in [5.41, 5.74) is 7.89. The van der Waals surface area contributed by atoms with E-state index in [4.69, 9.17) is 33.7 Å². The maximum Gasteiger partial charge on any atom is 0.119 e. The van der Waals surface area contributed by atoms with Crippen LogP contribution in [-0.4, -0.2) is 6.04 Å². The van der Waals surface area contributed by atoms with Crippen LogP contribution in [0.3, 0.4) is 0 Å². The van der Waals surface area contributed by atoms with Gasteiger partial charge >= 0.3 is 0 Å². The first-order valence-electron chi connectivity index (χ1n) is 6.46. The predicted molar refractivity (Wildman–Crippen MR) is 84.6 cm³/mol. The van der Waals surface area contributed by atoms with Gasteiger partial charge in [0.15, 0.2) is 0 Å². The van der Waals surface area contributed by atoms with E-state index in [1.165, 1.54) is 5.56 Å². The predicted octanol–water partition coefficient (Wildman–Crippen LogP) is 4.46. The molecule has 2 aromatic rings. The molecule has 0 amide bonds. The second-order valence-corrected chi connectivity index (χ2v) is 5.69. The molecule has 1 atom stereocenters. The summed E-state index contributed by atoms with van der Waals surface area (Å²) in [4.78, 5) is 0. The van der Waals surface area contributed by atoms with Crippen molar-refractivity contribution in [1.82, 2.24) is 0 Å². The number of hydrogen-bond donors (Lipinski definition) is 1. The topological polar surface area (TPSA) is 35.2 Å². The molecule has 0 aliphatic rings. The zero-order chi connectivity index (χ0) is 14.5. The Morgan fingerprint density at radius 3 is 2.40 bits per heavy atom. The molecule has 20 heavy (non-hydrogen) atoms. The van der Waals surface area contributed by atoms with Gasteiger partial charge in [0.1, 0.15) is 12.4 Å². The van der Waals surface area contributed by atoms with E-state index in [-0.39, 0.29) is 6.04 Å². The van der Waals surface area contributed by atoms with E-state index in [1.807, 2.05) is 37.3 Å². The summed E-state index contributed by atoms with van der Waals surface area (Å²) in [6.45, 7) is 2.41. The minimum Gasteiger partial charge on any atom is -0.489 e. The van der Waals surface area contributed by atoms with Crippen molar-refractivity contribution in [2.24, 2.45) is 5.73 Å². The van der Waals surface area contributed by atoms with Gasteiger partial charge in [0.25, 0.3) is 0 Å². The van der Waals surface area contributed by atoms with Gasteiger partial charge in [0.2, 0.25) is 0 Å². The summed E-state index contributed by atoms with van der Waals surface area (Å²) in [5, 5.41) is 1.24. The van der Waals surface area contributed by atoms with Crippen molar-refractivity contribution in [3.05, 3.63) is 63.6 Å². The molecule has 2 N–H and O–H groups in total. The first-order chi connectivity index (χ1) is 9.54. The molecular weight excluding hydrogens is 293 g/mol. The van der Waals surface area contributed by atoms with Crippen molar-refractivity contribution < 1.29 is 4.74 Å². The molecule has 0 radical (unpaired) electrons. The SMILES string of the molecule is CC(N)Cc1ccc(OCc2ccc(Cl)cc2Cl)cc1. The number of nitrogens with two attached hydrogens (primary N) is 1. The Morgan fingerprint density at radius 1 is 1.10 bits per heavy atom. The van der Waals surface area contributed by atoms with Crippen LogP contribution in [0.1, 0.15) is 18.1 Å². The van der Waals surface area contributed by atoms with Gasteiger partial charge in [-0.1, -0.05) is 41.4 Å². The Labute approximate surface area is 129 Å². The van der Waals surface area contributed by atoms with Gasteiger partial charge in [0, 0.05) is 21.7 Å². The highest BCUT2D eigenvalue weighted by Gasteiger charge is 2.03. The van der Waals surface area contributed by atoms with E-state index in [1.54, 1.807) is 12.1 Å². The second kappa shape index (κ2) is 6.98. The lowest BCUT2D eigenvalue weighted by atomic mass is 10.1. The maximum atomic E-state index is 6.10. The van der Waals surface area contributed by atoms with E-state index in [9.17, 15) is 0 Å². The molecule has 2 rings (SSSR count). The highest BCUT2D eigenvalue weighted by atomic mass is 35.5. The van der Waals surface area contributed by atoms with Crippen LogP contribution in [0.4, 0.5) is 0 Å². The molecular formula is C16H17Cl2NO. The molecule has 0 saturated carbocycles. The molecule has 2 aromatic carbocycles. The number of rotatable bonds is 5. The zero-order valence-corrected chi connectivity index (χ0v) is 12.8. The molecule has 0 bridgehead atoms. The number of ether oxygens (including phenoxy) is 1. The van der Waals surface area contributed by atoms with Crippen LogP contribution in [-0.2, 0) is 13.0 Å². The summed E-state index contributed by atoms with van der Waals surface area (Å²) < 4.78 is 5.71. The van der Waals surface area contributed by atoms with Crippen LogP contribution in [0.2, 0.25) is 10.0 Å². The normalized spacial score (nSPS) is 12.2. The van der Waals surface area contributed by atoms with Gasteiger partial charge in [-0.3, -0.25) is 0 Å². The fourth-order valence-electron chi connectivity index (χ4n) is 1.89. The van der Waals surface area contributed by atoms with Crippen LogP contribution < -0.4 is 10.5 Å². The number of hydrogen-bond acceptors (Lipinski definition) is 2. The lowest BCUT2D eigenvalue weighted by Gasteiger charge is -2.10. The number of halogens is 2. The minimum absolute atomic E-state index is 0.162. The molecule has 0 aliphatic heterocycles. The lowest BCUT2D eigenvalue weighted by Crippen LogP contribution is -2.17. The first kappa shape index (κ1) is 15.2. The third-order valence-corrected chi connectivity index (χ3v) is 3.48. The van der Waals surface area contributed by atoms with Gasteiger partial charge in [-0.05, 0) is 43.2 Å². The molecule has 0 spiro atoms. The summed E-state index contributed by atoms with van der Waals surface area (Å²) in [6, 6.07) is 13.5. The maximum absolute atomic E-state index is 6.10. The van der Waals surface area contributed by atoms with Gasteiger partial charge in [-0.2, -0.15) is 0 Å². The van der Waals surface area contributed by atoms with Crippen molar-refractivity contribution >= 4 is 23.2 Å². The van der Waals surface area contributed by atoms with Crippen molar-refractivity contribution in [3.63, 3.8) is 0 Å². The van der Waals surface area contributed by atoms with Crippen LogP contribution in [0.5, 0.6) is 5.75 Å². The molecule has 0 aliphatic carbocycles. The Hall–Kier alpha value is -1.22. The second-order valence-electron chi connectivity index (χ2n) is 4.85. The van der Waals surface area contributed by atoms with Crippen molar-refractivity contribution in [2.75, 3.05) is 0 Å². The van der Waals surface area contributed by atoms with Crippen LogP contribution in [0.25, 0.3) is 0 Å². The third kappa shape index (κ3) is 4.41. The van der Waals surface area contributed by atoms with E-state index >= 15 is 0 Å². The largest absolute Gasteiger partial charge is 0.489 e. The first-order valence-corrected chi connectivity index (χ1v) is 7.21. The molecule has 0 aromatic heterocycles. The minimum atomic E-state index is 0.162. The highest BCUT2D eigenvalue weighted by molar-refractivity contribution is 6.35. The molecule has 0 fully saturated rings. The fraction of sp³-hybridized carbons (Fsp3) is 0.250. The quantitative estimate of drug-likeness (QED) is 0.885. The highest BCUT2D eigenvalue weighted by Crippen LogP contribution is 2.23. The summed E-state index contributed by atoms with van der Waals surface area (Å²) in [5.74, 6) is 0.810. The number of benzene rings is 2. The molecule has 4 heteroatoms. The van der Waals surface area contributed by atoms with Crippen molar-refractivity contribution in [2.45, 2.75) is 26.0 Å². The van der Waals surface area contributed by atoms with Gasteiger partial charge in [0.05, 0.1) is 0 Å². The smallest absolute Gasteiger partial charge is 0.119 e. The van der Waals surface area contributed by atoms with Gasteiger partial charge in [-0.25, -0.2) is 0 Å². The van der Waals surface area contributed by atoms with Crippen LogP contribution >= 0.6 is 23.2 Å². The van der Waals surface area contributed by atoms with Crippen LogP contribution in [0, 0.1) is 0 Å². The molecule has 2 nitrogen and oxygen atoms in total. The Kier molecular flexibility index (Phi) is 5.30. The summed E-state index contributed by atoms with van der Waals surface area (Å²) in [7, 11) is 0. The van der Waals surface area contributed by atoms with E-state index < -0.39 is 0 Å². The molecule has 1 unspecified atom stereocenters. The Balaban J connectivity index is 1.96. The molecule has 0 saturated heterocycles. The Bertz CT molecular complexity index is 567. The van der Waals surface area contributed by atoms with Crippen molar-refractivity contribution in [3.8, 4) is 5.75 Å². The standard InChI is InChI=1S/C16H17Cl2NO/c1-11(19)8-12-2-6-15(7-3-12)20-10-13-4-5-14(17)9-16(13)18/h2-7,9,11H,8,10,19H2,1H3.